The van der Waals surface area contributed by atoms with Crippen molar-refractivity contribution in [2.75, 3.05) is 26.2 Å². The van der Waals surface area contributed by atoms with Gasteiger partial charge in [0.25, 0.3) is 5.91 Å². The number of nitrogens with one attached hydrogen (secondary N) is 1. The van der Waals surface area contributed by atoms with E-state index in [-0.39, 0.29) is 37.0 Å². The smallest absolute Gasteiger partial charge is 0.256 e. The van der Waals surface area contributed by atoms with Gasteiger partial charge in [0.1, 0.15) is 10.5 Å². The monoisotopic (exact) mass is 381 g/mol. The first-order valence-corrected chi connectivity index (χ1v) is 9.47. The zero-order valence-corrected chi connectivity index (χ0v) is 14.8. The summed E-state index contributed by atoms with van der Waals surface area (Å²) < 4.78 is 40.1. The largest absolute Gasteiger partial charge is 0.352 e. The van der Waals surface area contributed by atoms with Crippen LogP contribution >= 0.6 is 12.2 Å². The zero-order valence-electron chi connectivity index (χ0n) is 13.2. The minimum Gasteiger partial charge on any atom is -0.352 e. The number of hydrogen-bond acceptors (Lipinski definition) is 4. The lowest BCUT2D eigenvalue weighted by atomic mass is 10.2. The third kappa shape index (κ3) is 3.63. The number of sulfonamides is 1. The van der Waals surface area contributed by atoms with E-state index in [9.17, 15) is 17.6 Å². The van der Waals surface area contributed by atoms with Crippen LogP contribution in [0.5, 0.6) is 0 Å². The van der Waals surface area contributed by atoms with Crippen LogP contribution < -0.4 is 0 Å². The minimum atomic E-state index is -3.78. The third-order valence-electron chi connectivity index (χ3n) is 4.01. The molecule has 0 atom stereocenters. The highest BCUT2D eigenvalue weighted by Gasteiger charge is 2.30. The lowest BCUT2D eigenvalue weighted by molar-refractivity contribution is 0.0697. The normalized spacial score (nSPS) is 16.0. The molecule has 1 saturated heterocycles. The van der Waals surface area contributed by atoms with Gasteiger partial charge in [0.05, 0.1) is 10.5 Å². The predicted molar refractivity (Wildman–Crippen MR) is 92.7 cm³/mol. The summed E-state index contributed by atoms with van der Waals surface area (Å²) in [5, 5.41) is 0. The molecule has 0 radical (unpaired) electrons. The molecule has 0 spiro atoms. The maximum Gasteiger partial charge on any atom is 0.256 e. The van der Waals surface area contributed by atoms with Crippen LogP contribution in [0.25, 0.3) is 0 Å². The Labute approximate surface area is 149 Å². The molecule has 0 saturated carbocycles. The van der Waals surface area contributed by atoms with Crippen LogP contribution in [0.2, 0.25) is 0 Å². The van der Waals surface area contributed by atoms with E-state index in [1.54, 1.807) is 23.2 Å². The molecule has 1 aromatic heterocycles. The Hall–Kier alpha value is -2.10. The van der Waals surface area contributed by atoms with Crippen molar-refractivity contribution in [3.8, 4) is 0 Å². The molecular weight excluding hydrogens is 365 g/mol. The van der Waals surface area contributed by atoms with Crippen molar-refractivity contribution in [1.82, 2.24) is 14.2 Å². The van der Waals surface area contributed by atoms with E-state index >= 15 is 0 Å². The van der Waals surface area contributed by atoms with E-state index in [1.807, 2.05) is 0 Å². The molecule has 0 bridgehead atoms. The Morgan fingerprint density at radius 3 is 2.48 bits per heavy atom. The summed E-state index contributed by atoms with van der Waals surface area (Å²) in [5.74, 6) is -0.835. The number of nitrogens with zero attached hydrogens (tertiary/aromatic N) is 2. The van der Waals surface area contributed by atoms with Crippen LogP contribution in [0, 0.1) is 10.5 Å². The SMILES string of the molecule is O=C(c1ccc[nH]c1=S)N1CCN(S(=O)(=O)c2cccc(F)c2)CC1. The lowest BCUT2D eigenvalue weighted by Gasteiger charge is -2.34. The average molecular weight is 381 g/mol. The number of H-pyrrole nitrogens is 1. The third-order valence-corrected chi connectivity index (χ3v) is 6.24. The Bertz CT molecular complexity index is 951. The molecule has 1 N–H and O–H groups in total. The van der Waals surface area contributed by atoms with Crippen molar-refractivity contribution in [2.24, 2.45) is 0 Å². The summed E-state index contributed by atoms with van der Waals surface area (Å²) in [6, 6.07) is 8.23. The quantitative estimate of drug-likeness (QED) is 0.826. The molecule has 3 rings (SSSR count). The van der Waals surface area contributed by atoms with E-state index in [2.05, 4.69) is 4.98 Å². The van der Waals surface area contributed by atoms with Gasteiger partial charge >= 0.3 is 0 Å². The van der Waals surface area contributed by atoms with E-state index in [0.29, 0.717) is 10.2 Å². The number of rotatable bonds is 3. The average Bonchev–Trinajstić information content (AvgIpc) is 2.62. The van der Waals surface area contributed by atoms with Crippen molar-refractivity contribution in [1.29, 1.82) is 0 Å². The summed E-state index contributed by atoms with van der Waals surface area (Å²) in [7, 11) is -3.78. The van der Waals surface area contributed by atoms with Gasteiger partial charge in [-0.2, -0.15) is 4.31 Å². The summed E-state index contributed by atoms with van der Waals surface area (Å²) in [5.41, 5.74) is 0.388. The number of carbonyl (C=O) groups is 1. The number of benzene rings is 1. The van der Waals surface area contributed by atoms with Crippen molar-refractivity contribution in [3.63, 3.8) is 0 Å². The molecule has 1 aromatic carbocycles. The van der Waals surface area contributed by atoms with Gasteiger partial charge in [0.2, 0.25) is 10.0 Å². The zero-order chi connectivity index (χ0) is 18.0. The number of pyridine rings is 1. The maximum absolute atomic E-state index is 13.3. The van der Waals surface area contributed by atoms with Crippen LogP contribution in [0.4, 0.5) is 4.39 Å². The van der Waals surface area contributed by atoms with E-state index in [1.165, 1.54) is 22.5 Å². The molecule has 132 valence electrons. The van der Waals surface area contributed by atoms with Gasteiger partial charge in [0, 0.05) is 32.4 Å². The molecule has 1 aliphatic rings. The van der Waals surface area contributed by atoms with Crippen molar-refractivity contribution in [3.05, 3.63) is 58.6 Å². The fourth-order valence-electron chi connectivity index (χ4n) is 2.67. The topological polar surface area (TPSA) is 73.5 Å². The van der Waals surface area contributed by atoms with Gasteiger partial charge < -0.3 is 9.88 Å². The Morgan fingerprint density at radius 1 is 1.12 bits per heavy atom. The number of aromatic nitrogens is 1. The Balaban J connectivity index is 1.73. The summed E-state index contributed by atoms with van der Waals surface area (Å²) in [4.78, 5) is 16.8. The summed E-state index contributed by atoms with van der Waals surface area (Å²) in [6.45, 7) is 0.788. The van der Waals surface area contributed by atoms with Gasteiger partial charge in [-0.15, -0.1) is 0 Å². The highest BCUT2D eigenvalue weighted by atomic mass is 32.2. The molecule has 9 heteroatoms. The summed E-state index contributed by atoms with van der Waals surface area (Å²) >= 11 is 5.11. The van der Waals surface area contributed by atoms with Gasteiger partial charge in [-0.05, 0) is 30.3 Å². The summed E-state index contributed by atoms with van der Waals surface area (Å²) in [6.07, 6.45) is 1.64. The van der Waals surface area contributed by atoms with Crippen LogP contribution in [0.15, 0.2) is 47.5 Å². The van der Waals surface area contributed by atoms with Crippen molar-refractivity contribution in [2.45, 2.75) is 4.90 Å². The molecule has 0 unspecified atom stereocenters. The van der Waals surface area contributed by atoms with Crippen LogP contribution in [0.3, 0.4) is 0 Å². The van der Waals surface area contributed by atoms with Gasteiger partial charge in [0.15, 0.2) is 0 Å². The first-order chi connectivity index (χ1) is 11.9. The van der Waals surface area contributed by atoms with Gasteiger partial charge in [-0.1, -0.05) is 18.3 Å². The molecule has 1 amide bonds. The number of aromatic amines is 1. The van der Waals surface area contributed by atoms with E-state index < -0.39 is 15.8 Å². The Kier molecular flexibility index (Phi) is 4.98. The molecular formula is C16H16FN3O3S2. The van der Waals surface area contributed by atoms with E-state index in [0.717, 1.165) is 6.07 Å². The first kappa shape index (κ1) is 17.7. The second kappa shape index (κ2) is 7.03. The standard InChI is InChI=1S/C16H16FN3O3S2/c17-12-3-1-4-13(11-12)25(22,23)20-9-7-19(8-10-20)16(21)14-5-2-6-18-15(14)24/h1-6,11H,7-10H2,(H,18,24). The predicted octanol–water partition coefficient (Wildman–Crippen LogP) is 2.03. The number of piperazine rings is 1. The van der Waals surface area contributed by atoms with E-state index in [4.69, 9.17) is 12.2 Å². The number of halogens is 1. The highest BCUT2D eigenvalue weighted by Crippen LogP contribution is 2.19. The van der Waals surface area contributed by atoms with Crippen LogP contribution in [0.1, 0.15) is 10.4 Å². The molecule has 2 heterocycles. The minimum absolute atomic E-state index is 0.0854. The maximum atomic E-state index is 13.3. The van der Waals surface area contributed by atoms with Gasteiger partial charge in [-0.25, -0.2) is 12.8 Å². The van der Waals surface area contributed by atoms with Crippen LogP contribution in [-0.4, -0.2) is 54.7 Å². The second-order valence-electron chi connectivity index (χ2n) is 5.57. The second-order valence-corrected chi connectivity index (χ2v) is 7.91. The number of hydrogen-bond donors (Lipinski definition) is 1. The molecule has 2 aromatic rings. The molecule has 1 aliphatic heterocycles. The van der Waals surface area contributed by atoms with Crippen molar-refractivity contribution >= 4 is 28.1 Å². The molecule has 0 aliphatic carbocycles. The fourth-order valence-corrected chi connectivity index (χ4v) is 4.35. The lowest BCUT2D eigenvalue weighted by Crippen LogP contribution is -2.50. The molecule has 6 nitrogen and oxygen atoms in total. The van der Waals surface area contributed by atoms with Gasteiger partial charge in [-0.3, -0.25) is 4.79 Å². The number of amides is 1. The molecule has 1 fully saturated rings. The fraction of sp³-hybridized carbons (Fsp3) is 0.250. The number of carbonyl (C=O) groups excluding carboxylic acids is 1. The van der Waals surface area contributed by atoms with Crippen LogP contribution in [-0.2, 0) is 10.0 Å². The Morgan fingerprint density at radius 2 is 1.84 bits per heavy atom. The highest BCUT2D eigenvalue weighted by molar-refractivity contribution is 7.89. The van der Waals surface area contributed by atoms with Crippen molar-refractivity contribution < 1.29 is 17.6 Å². The molecule has 25 heavy (non-hydrogen) atoms. The first-order valence-electron chi connectivity index (χ1n) is 7.62.